The van der Waals surface area contributed by atoms with E-state index in [-0.39, 0.29) is 25.3 Å². The lowest BCUT2D eigenvalue weighted by molar-refractivity contribution is -0.256. The molecule has 1 saturated carbocycles. The molecule has 34 heavy (non-hydrogen) atoms. The number of benzene rings is 1. The first-order chi connectivity index (χ1) is 16.2. The van der Waals surface area contributed by atoms with Gasteiger partial charge in [-0.2, -0.15) is 13.2 Å². The van der Waals surface area contributed by atoms with Gasteiger partial charge in [-0.25, -0.2) is 4.98 Å². The van der Waals surface area contributed by atoms with Gasteiger partial charge in [-0.15, -0.1) is 0 Å². The van der Waals surface area contributed by atoms with E-state index >= 15 is 0 Å². The summed E-state index contributed by atoms with van der Waals surface area (Å²) in [6.45, 7) is 2.03. The minimum Gasteiger partial charge on any atom is -0.477 e. The van der Waals surface area contributed by atoms with Crippen LogP contribution in [-0.4, -0.2) is 67.2 Å². The average Bonchev–Trinajstić information content (AvgIpc) is 2.80. The van der Waals surface area contributed by atoms with Crippen molar-refractivity contribution in [3.8, 4) is 17.0 Å². The van der Waals surface area contributed by atoms with E-state index in [1.54, 1.807) is 37.3 Å². The van der Waals surface area contributed by atoms with Crippen molar-refractivity contribution in [2.45, 2.75) is 38.3 Å². The largest absolute Gasteiger partial charge is 0.477 e. The van der Waals surface area contributed by atoms with Crippen molar-refractivity contribution in [3.05, 3.63) is 48.2 Å². The number of hydrogen-bond donors (Lipinski definition) is 0. The number of likely N-dealkylation sites (tertiary alicyclic amines) is 1. The zero-order valence-corrected chi connectivity index (χ0v) is 19.8. The minimum absolute atomic E-state index is 0.0397. The number of pyridine rings is 1. The van der Waals surface area contributed by atoms with Gasteiger partial charge in [-0.3, -0.25) is 4.79 Å². The number of piperidine rings is 1. The molecule has 2 fully saturated rings. The summed E-state index contributed by atoms with van der Waals surface area (Å²) in [5, 5.41) is 0. The lowest BCUT2D eigenvalue weighted by Crippen LogP contribution is -2.53. The Balaban J connectivity index is 1.24. The second-order valence-electron chi connectivity index (χ2n) is 9.82. The van der Waals surface area contributed by atoms with Gasteiger partial charge in [0, 0.05) is 44.0 Å². The second kappa shape index (κ2) is 9.94. The summed E-state index contributed by atoms with van der Waals surface area (Å²) in [4.78, 5) is 19.9. The number of amides is 1. The number of nitrogens with zero attached hydrogens (tertiary/aromatic N) is 3. The zero-order chi connectivity index (χ0) is 24.3. The maximum atomic E-state index is 13.4. The standard InChI is InChI=1S/C26H32F3N3O2/c1-31(2)24(33)21-6-4-20(5-7-21)22-8-9-23(30-16-22)34-17-19-10-14-32(15-11-19)18-25(12-3-13-25)26(27,28)29/h4-9,16,19H,3,10-15,17-18H2,1-2H3. The predicted molar refractivity (Wildman–Crippen MR) is 125 cm³/mol. The van der Waals surface area contributed by atoms with E-state index in [1.165, 1.54) is 0 Å². The van der Waals surface area contributed by atoms with Gasteiger partial charge in [-0.1, -0.05) is 18.6 Å². The third-order valence-corrected chi connectivity index (χ3v) is 7.22. The van der Waals surface area contributed by atoms with Gasteiger partial charge in [0.15, 0.2) is 0 Å². The Hall–Kier alpha value is -2.61. The highest BCUT2D eigenvalue weighted by molar-refractivity contribution is 5.94. The van der Waals surface area contributed by atoms with Crippen molar-refractivity contribution in [1.82, 2.24) is 14.8 Å². The van der Waals surface area contributed by atoms with E-state index in [1.807, 2.05) is 29.2 Å². The van der Waals surface area contributed by atoms with Crippen LogP contribution in [0, 0.1) is 11.3 Å². The molecule has 1 aliphatic carbocycles. The third-order valence-electron chi connectivity index (χ3n) is 7.22. The van der Waals surface area contributed by atoms with E-state index in [2.05, 4.69) is 4.98 Å². The smallest absolute Gasteiger partial charge is 0.395 e. The Labute approximate surface area is 198 Å². The van der Waals surface area contributed by atoms with Crippen molar-refractivity contribution < 1.29 is 22.7 Å². The molecule has 0 N–H and O–H groups in total. The highest BCUT2D eigenvalue weighted by Crippen LogP contribution is 2.53. The first-order valence-corrected chi connectivity index (χ1v) is 11.9. The fourth-order valence-corrected chi connectivity index (χ4v) is 4.78. The Morgan fingerprint density at radius 3 is 2.24 bits per heavy atom. The molecule has 5 nitrogen and oxygen atoms in total. The maximum absolute atomic E-state index is 13.4. The third kappa shape index (κ3) is 5.37. The maximum Gasteiger partial charge on any atom is 0.395 e. The summed E-state index contributed by atoms with van der Waals surface area (Å²) in [5.74, 6) is 0.820. The number of halogens is 3. The van der Waals surface area contributed by atoms with Crippen LogP contribution < -0.4 is 4.74 Å². The van der Waals surface area contributed by atoms with Gasteiger partial charge in [0.1, 0.15) is 0 Å². The Bertz CT molecular complexity index is 962. The van der Waals surface area contributed by atoms with Crippen molar-refractivity contribution in [3.63, 3.8) is 0 Å². The molecule has 1 aliphatic heterocycles. The fourth-order valence-electron chi connectivity index (χ4n) is 4.78. The lowest BCUT2D eigenvalue weighted by atomic mass is 9.67. The normalized spacial score (nSPS) is 18.9. The molecule has 1 aromatic carbocycles. The van der Waals surface area contributed by atoms with Crippen LogP contribution in [0.3, 0.4) is 0 Å². The van der Waals surface area contributed by atoms with Crippen molar-refractivity contribution >= 4 is 5.91 Å². The van der Waals surface area contributed by atoms with Crippen LogP contribution in [0.2, 0.25) is 0 Å². The number of rotatable bonds is 7. The number of ether oxygens (including phenoxy) is 1. The van der Waals surface area contributed by atoms with Gasteiger partial charge in [0.05, 0.1) is 12.0 Å². The van der Waals surface area contributed by atoms with Crippen molar-refractivity contribution in [2.75, 3.05) is 40.3 Å². The molecule has 4 rings (SSSR count). The second-order valence-corrected chi connectivity index (χ2v) is 9.82. The predicted octanol–water partition coefficient (Wildman–Crippen LogP) is 5.27. The first-order valence-electron chi connectivity index (χ1n) is 11.9. The van der Waals surface area contributed by atoms with Crippen LogP contribution >= 0.6 is 0 Å². The number of hydrogen-bond acceptors (Lipinski definition) is 4. The van der Waals surface area contributed by atoms with Gasteiger partial charge in [0.25, 0.3) is 5.91 Å². The highest BCUT2D eigenvalue weighted by atomic mass is 19.4. The summed E-state index contributed by atoms with van der Waals surface area (Å²) in [6.07, 6.45) is 0.523. The molecule has 0 spiro atoms. The molecular formula is C26H32F3N3O2. The quantitative estimate of drug-likeness (QED) is 0.547. The zero-order valence-electron chi connectivity index (χ0n) is 19.8. The van der Waals surface area contributed by atoms with Crippen LogP contribution in [0.4, 0.5) is 13.2 Å². The van der Waals surface area contributed by atoms with Gasteiger partial charge >= 0.3 is 6.18 Å². The summed E-state index contributed by atoms with van der Waals surface area (Å²) in [5.41, 5.74) is 1.04. The van der Waals surface area contributed by atoms with Crippen LogP contribution in [0.25, 0.3) is 11.1 Å². The van der Waals surface area contributed by atoms with E-state index in [0.29, 0.717) is 43.5 Å². The first kappa shape index (κ1) is 24.5. The summed E-state index contributed by atoms with van der Waals surface area (Å²) >= 11 is 0. The minimum atomic E-state index is -4.10. The molecule has 0 atom stereocenters. The Kier molecular flexibility index (Phi) is 7.17. The van der Waals surface area contributed by atoms with Crippen LogP contribution in [0.1, 0.15) is 42.5 Å². The van der Waals surface area contributed by atoms with E-state index in [9.17, 15) is 18.0 Å². The van der Waals surface area contributed by atoms with Gasteiger partial charge in [0.2, 0.25) is 5.88 Å². The molecular weight excluding hydrogens is 443 g/mol. The number of carbonyl (C=O) groups excluding carboxylic acids is 1. The monoisotopic (exact) mass is 475 g/mol. The molecule has 2 heterocycles. The summed E-state index contributed by atoms with van der Waals surface area (Å²) < 4.78 is 46.2. The number of carbonyl (C=O) groups is 1. The molecule has 0 radical (unpaired) electrons. The Morgan fingerprint density at radius 2 is 1.74 bits per heavy atom. The molecule has 0 unspecified atom stereocenters. The molecule has 2 aromatic rings. The molecule has 1 amide bonds. The van der Waals surface area contributed by atoms with Crippen LogP contribution in [0.5, 0.6) is 5.88 Å². The number of alkyl halides is 3. The Morgan fingerprint density at radius 1 is 1.09 bits per heavy atom. The molecule has 1 saturated heterocycles. The fraction of sp³-hybridized carbons (Fsp3) is 0.538. The molecule has 1 aromatic heterocycles. The van der Waals surface area contributed by atoms with E-state index in [4.69, 9.17) is 4.74 Å². The highest BCUT2D eigenvalue weighted by Gasteiger charge is 2.58. The summed E-state index contributed by atoms with van der Waals surface area (Å²) in [6, 6.07) is 11.2. The molecule has 184 valence electrons. The lowest BCUT2D eigenvalue weighted by Gasteiger charge is -2.47. The summed E-state index contributed by atoms with van der Waals surface area (Å²) in [7, 11) is 3.45. The average molecular weight is 476 g/mol. The molecule has 0 bridgehead atoms. The molecule has 8 heteroatoms. The van der Waals surface area contributed by atoms with Gasteiger partial charge < -0.3 is 14.5 Å². The van der Waals surface area contributed by atoms with Crippen molar-refractivity contribution in [1.29, 1.82) is 0 Å². The van der Waals surface area contributed by atoms with Crippen LogP contribution in [0.15, 0.2) is 42.6 Å². The topological polar surface area (TPSA) is 45.7 Å². The SMILES string of the molecule is CN(C)C(=O)c1ccc(-c2ccc(OCC3CCN(CC4(C(F)(F)F)CCC4)CC3)nc2)cc1. The number of aromatic nitrogens is 1. The van der Waals surface area contributed by atoms with Crippen LogP contribution in [-0.2, 0) is 0 Å². The molecule has 2 aliphatic rings. The van der Waals surface area contributed by atoms with Gasteiger partial charge in [-0.05, 0) is 68.5 Å². The van der Waals surface area contributed by atoms with Crippen molar-refractivity contribution in [2.24, 2.45) is 11.3 Å². The van der Waals surface area contributed by atoms with E-state index in [0.717, 1.165) is 24.0 Å². The van der Waals surface area contributed by atoms with E-state index < -0.39 is 11.6 Å².